The van der Waals surface area contributed by atoms with Crippen LogP contribution in [0.2, 0.25) is 0 Å². The monoisotopic (exact) mass is 451 g/mol. The number of nitrogens with zero attached hydrogens (tertiary/aromatic N) is 2. The van der Waals surface area contributed by atoms with Gasteiger partial charge in [-0.1, -0.05) is 18.2 Å². The molecule has 0 unspecified atom stereocenters. The fourth-order valence-corrected chi connectivity index (χ4v) is 4.36. The van der Waals surface area contributed by atoms with Crippen LogP contribution in [-0.2, 0) is 17.6 Å². The number of aromatic nitrogens is 2. The summed E-state index contributed by atoms with van der Waals surface area (Å²) in [6.07, 6.45) is 2.96. The lowest BCUT2D eigenvalue weighted by atomic mass is 10.1. The zero-order valence-electron chi connectivity index (χ0n) is 18.3. The molecule has 8 heteroatoms. The number of rotatable bonds is 9. The third kappa shape index (κ3) is 4.70. The zero-order chi connectivity index (χ0) is 22.5. The van der Waals surface area contributed by atoms with Gasteiger partial charge in [-0.15, -0.1) is 11.3 Å². The minimum absolute atomic E-state index is 0.0261. The number of amides is 1. The van der Waals surface area contributed by atoms with Crippen molar-refractivity contribution in [1.29, 1.82) is 0 Å². The van der Waals surface area contributed by atoms with Gasteiger partial charge in [0.1, 0.15) is 5.75 Å². The number of imidazole rings is 1. The predicted molar refractivity (Wildman–Crippen MR) is 125 cm³/mol. The first-order chi connectivity index (χ1) is 15.6. The molecule has 2 aromatic carbocycles. The first-order valence-electron chi connectivity index (χ1n) is 10.2. The van der Waals surface area contributed by atoms with Gasteiger partial charge in [0.25, 0.3) is 0 Å². The summed E-state index contributed by atoms with van der Waals surface area (Å²) in [5, 5.41) is 4.97. The molecule has 32 heavy (non-hydrogen) atoms. The molecule has 0 aliphatic rings. The number of carbonyl (C=O) groups excluding carboxylic acids is 1. The van der Waals surface area contributed by atoms with Gasteiger partial charge in [-0.05, 0) is 36.2 Å². The lowest BCUT2D eigenvalue weighted by Crippen LogP contribution is -2.27. The average molecular weight is 452 g/mol. The lowest BCUT2D eigenvalue weighted by Gasteiger charge is -2.10. The molecule has 7 nitrogen and oxygen atoms in total. The first kappa shape index (κ1) is 21.7. The summed E-state index contributed by atoms with van der Waals surface area (Å²) in [6.45, 7) is 0.542. The Hall–Kier alpha value is -3.52. The number of thiazole rings is 1. The Balaban J connectivity index is 1.38. The number of hydrogen-bond donors (Lipinski definition) is 1. The van der Waals surface area contributed by atoms with Crippen molar-refractivity contribution in [1.82, 2.24) is 14.7 Å². The highest BCUT2D eigenvalue weighted by molar-refractivity contribution is 7.15. The Labute approximate surface area is 190 Å². The number of ether oxygens (including phenoxy) is 3. The number of nitrogens with one attached hydrogen (secondary N) is 1. The molecule has 4 rings (SSSR count). The average Bonchev–Trinajstić information content (AvgIpc) is 3.41. The summed E-state index contributed by atoms with van der Waals surface area (Å²) in [5.74, 6) is 2.13. The van der Waals surface area contributed by atoms with Crippen molar-refractivity contribution in [2.75, 3.05) is 27.9 Å². The van der Waals surface area contributed by atoms with E-state index in [0.29, 0.717) is 30.9 Å². The second-order valence-corrected chi connectivity index (χ2v) is 8.04. The SMILES string of the molecule is COc1cccc(-c2cn3c(CC(=O)NCCc4ccc(OC)c(OC)c4)csc3n2)c1. The van der Waals surface area contributed by atoms with E-state index in [0.717, 1.165) is 33.2 Å². The van der Waals surface area contributed by atoms with Crippen LogP contribution in [-0.4, -0.2) is 43.2 Å². The highest BCUT2D eigenvalue weighted by Crippen LogP contribution is 2.28. The molecule has 0 atom stereocenters. The molecule has 1 amide bonds. The number of methoxy groups -OCH3 is 3. The molecule has 2 heterocycles. The van der Waals surface area contributed by atoms with E-state index in [2.05, 4.69) is 5.32 Å². The number of fused-ring (bicyclic) bond motifs is 1. The van der Waals surface area contributed by atoms with Crippen LogP contribution >= 0.6 is 11.3 Å². The summed E-state index contributed by atoms with van der Waals surface area (Å²) in [6, 6.07) is 13.6. The summed E-state index contributed by atoms with van der Waals surface area (Å²) < 4.78 is 17.9. The second kappa shape index (κ2) is 9.74. The van der Waals surface area contributed by atoms with Crippen molar-refractivity contribution in [3.8, 4) is 28.5 Å². The highest BCUT2D eigenvalue weighted by atomic mass is 32.1. The number of carbonyl (C=O) groups is 1. The van der Waals surface area contributed by atoms with Gasteiger partial charge in [-0.3, -0.25) is 9.20 Å². The topological polar surface area (TPSA) is 74.1 Å². The van der Waals surface area contributed by atoms with Crippen LogP contribution in [0.25, 0.3) is 16.2 Å². The van der Waals surface area contributed by atoms with Crippen LogP contribution in [0.1, 0.15) is 11.3 Å². The van der Waals surface area contributed by atoms with Gasteiger partial charge in [0.05, 0.1) is 33.4 Å². The van der Waals surface area contributed by atoms with E-state index >= 15 is 0 Å². The van der Waals surface area contributed by atoms with Gasteiger partial charge >= 0.3 is 0 Å². The summed E-state index contributed by atoms with van der Waals surface area (Å²) >= 11 is 1.52. The predicted octanol–water partition coefficient (Wildman–Crippen LogP) is 3.99. The third-order valence-corrected chi connectivity index (χ3v) is 6.06. The minimum atomic E-state index is -0.0261. The smallest absolute Gasteiger partial charge is 0.225 e. The van der Waals surface area contributed by atoms with E-state index in [4.69, 9.17) is 19.2 Å². The minimum Gasteiger partial charge on any atom is -0.497 e. The summed E-state index contributed by atoms with van der Waals surface area (Å²) in [5.41, 5.74) is 3.81. The Morgan fingerprint density at radius 1 is 1.06 bits per heavy atom. The maximum absolute atomic E-state index is 12.5. The maximum atomic E-state index is 12.5. The van der Waals surface area contributed by atoms with Crippen molar-refractivity contribution in [3.05, 3.63) is 65.3 Å². The van der Waals surface area contributed by atoms with E-state index in [1.165, 1.54) is 11.3 Å². The normalized spacial score (nSPS) is 10.8. The molecule has 0 spiro atoms. The van der Waals surface area contributed by atoms with Gasteiger partial charge in [0.15, 0.2) is 16.5 Å². The molecule has 1 N–H and O–H groups in total. The molecule has 4 aromatic rings. The van der Waals surface area contributed by atoms with Crippen LogP contribution in [0.5, 0.6) is 17.2 Å². The quantitative estimate of drug-likeness (QED) is 0.417. The van der Waals surface area contributed by atoms with Crippen LogP contribution in [0.3, 0.4) is 0 Å². The van der Waals surface area contributed by atoms with E-state index in [1.807, 2.05) is 58.4 Å². The molecule has 0 radical (unpaired) electrons. The van der Waals surface area contributed by atoms with Gasteiger partial charge < -0.3 is 19.5 Å². The number of benzene rings is 2. The molecule has 0 aliphatic heterocycles. The Morgan fingerprint density at radius 3 is 2.69 bits per heavy atom. The van der Waals surface area contributed by atoms with E-state index in [9.17, 15) is 4.79 Å². The summed E-state index contributed by atoms with van der Waals surface area (Å²) in [7, 11) is 4.87. The van der Waals surface area contributed by atoms with Crippen molar-refractivity contribution in [3.63, 3.8) is 0 Å². The summed E-state index contributed by atoms with van der Waals surface area (Å²) in [4.78, 5) is 18.1. The molecule has 2 aromatic heterocycles. The third-order valence-electron chi connectivity index (χ3n) is 5.17. The number of hydrogen-bond acceptors (Lipinski definition) is 6. The van der Waals surface area contributed by atoms with Gasteiger partial charge in [0, 0.05) is 29.4 Å². The van der Waals surface area contributed by atoms with Crippen LogP contribution < -0.4 is 19.5 Å². The Morgan fingerprint density at radius 2 is 1.91 bits per heavy atom. The Kier molecular flexibility index (Phi) is 6.61. The van der Waals surface area contributed by atoms with Crippen molar-refractivity contribution < 1.29 is 19.0 Å². The lowest BCUT2D eigenvalue weighted by molar-refractivity contribution is -0.120. The van der Waals surface area contributed by atoms with Gasteiger partial charge in [0.2, 0.25) is 5.91 Å². The van der Waals surface area contributed by atoms with Crippen LogP contribution in [0, 0.1) is 0 Å². The molecular formula is C24H25N3O4S. The van der Waals surface area contributed by atoms with E-state index in [1.54, 1.807) is 21.3 Å². The molecule has 0 aliphatic carbocycles. The Bertz CT molecular complexity index is 1230. The largest absolute Gasteiger partial charge is 0.497 e. The van der Waals surface area contributed by atoms with E-state index in [-0.39, 0.29) is 5.91 Å². The van der Waals surface area contributed by atoms with Crippen molar-refractivity contribution in [2.24, 2.45) is 0 Å². The van der Waals surface area contributed by atoms with Gasteiger partial charge in [-0.2, -0.15) is 0 Å². The maximum Gasteiger partial charge on any atom is 0.225 e. The highest BCUT2D eigenvalue weighted by Gasteiger charge is 2.13. The van der Waals surface area contributed by atoms with Gasteiger partial charge in [-0.25, -0.2) is 4.98 Å². The first-order valence-corrected chi connectivity index (χ1v) is 11.1. The zero-order valence-corrected chi connectivity index (χ0v) is 19.1. The molecular weight excluding hydrogens is 426 g/mol. The van der Waals surface area contributed by atoms with Crippen LogP contribution in [0.4, 0.5) is 0 Å². The molecule has 0 saturated carbocycles. The van der Waals surface area contributed by atoms with Crippen LogP contribution in [0.15, 0.2) is 54.0 Å². The fraction of sp³-hybridized carbons (Fsp3) is 0.250. The fourth-order valence-electron chi connectivity index (χ4n) is 3.49. The standard InChI is InChI=1S/C24H25N3O4S/c1-29-19-6-4-5-17(12-19)20-14-27-18(15-32-24(27)26-20)13-23(28)25-10-9-16-7-8-21(30-2)22(11-16)31-3/h4-8,11-12,14-15H,9-10,13H2,1-3H3,(H,25,28). The molecule has 0 bridgehead atoms. The van der Waals surface area contributed by atoms with E-state index < -0.39 is 0 Å². The second-order valence-electron chi connectivity index (χ2n) is 7.20. The van der Waals surface area contributed by atoms with Crippen molar-refractivity contribution >= 4 is 22.2 Å². The molecule has 166 valence electrons. The molecule has 0 fully saturated rings. The molecule has 0 saturated heterocycles. The van der Waals surface area contributed by atoms with Crippen molar-refractivity contribution in [2.45, 2.75) is 12.8 Å².